The molecule has 0 saturated carbocycles. The summed E-state index contributed by atoms with van der Waals surface area (Å²) in [5.41, 5.74) is 3.41. The third-order valence-corrected chi connectivity index (χ3v) is 5.74. The first kappa shape index (κ1) is 17.3. The molecule has 0 radical (unpaired) electrons. The predicted octanol–water partition coefficient (Wildman–Crippen LogP) is 4.99. The zero-order valence-electron chi connectivity index (χ0n) is 15.2. The standard InChI is InChI=1S/C21H30IN/c1-20(2,3)14-19(21(4,5)22)23-17-12-8-6-10-15(17)16-11-7-9-13-18(16)23/h6,10-11,13,19H,7-9,12,14H2,1-5H3. The lowest BCUT2D eigenvalue weighted by Crippen LogP contribution is -2.41. The summed E-state index contributed by atoms with van der Waals surface area (Å²) in [7, 11) is 0. The molecule has 0 amide bonds. The molecule has 0 aliphatic heterocycles. The molecule has 0 fully saturated rings. The zero-order valence-corrected chi connectivity index (χ0v) is 17.4. The van der Waals surface area contributed by atoms with Crippen LogP contribution in [-0.2, 0) is 6.42 Å². The van der Waals surface area contributed by atoms with Gasteiger partial charge in [-0.3, -0.25) is 0 Å². The van der Waals surface area contributed by atoms with Gasteiger partial charge < -0.3 is 4.57 Å². The fourth-order valence-electron chi connectivity index (χ4n) is 4.01. The minimum Gasteiger partial charge on any atom is -0.340 e. The summed E-state index contributed by atoms with van der Waals surface area (Å²) in [4.78, 5) is 0. The Morgan fingerprint density at radius 2 is 1.78 bits per heavy atom. The van der Waals surface area contributed by atoms with Crippen LogP contribution in [0.2, 0.25) is 0 Å². The highest BCUT2D eigenvalue weighted by Crippen LogP contribution is 2.40. The third-order valence-electron chi connectivity index (χ3n) is 5.02. The largest absolute Gasteiger partial charge is 0.340 e. The topological polar surface area (TPSA) is 4.93 Å². The van der Waals surface area contributed by atoms with E-state index in [-0.39, 0.29) is 3.42 Å². The molecule has 3 rings (SSSR count). The van der Waals surface area contributed by atoms with Gasteiger partial charge in [0.1, 0.15) is 0 Å². The van der Waals surface area contributed by atoms with Gasteiger partial charge in [-0.15, -0.1) is 0 Å². The van der Waals surface area contributed by atoms with E-state index >= 15 is 0 Å². The Morgan fingerprint density at radius 1 is 1.09 bits per heavy atom. The Labute approximate surface area is 154 Å². The van der Waals surface area contributed by atoms with E-state index in [4.69, 9.17) is 0 Å². The van der Waals surface area contributed by atoms with E-state index in [9.17, 15) is 0 Å². The van der Waals surface area contributed by atoms with Crippen molar-refractivity contribution in [1.29, 1.82) is 0 Å². The summed E-state index contributed by atoms with van der Waals surface area (Å²) in [6, 6.07) is 0.537. The fraction of sp³-hybridized carbons (Fsp3) is 0.619. The fourth-order valence-corrected chi connectivity index (χ4v) is 4.51. The molecule has 1 aromatic heterocycles. The number of alkyl halides is 1. The van der Waals surface area contributed by atoms with Crippen molar-refractivity contribution in [3.05, 3.63) is 27.9 Å². The molecule has 1 nitrogen and oxygen atoms in total. The smallest absolute Gasteiger partial charge is 0.0484 e. The lowest BCUT2D eigenvalue weighted by atomic mass is 9.83. The monoisotopic (exact) mass is 423 g/mol. The van der Waals surface area contributed by atoms with Gasteiger partial charge in [-0.05, 0) is 51.4 Å². The summed E-state index contributed by atoms with van der Waals surface area (Å²) in [6.45, 7) is 11.9. The predicted molar refractivity (Wildman–Crippen MR) is 110 cm³/mol. The first-order chi connectivity index (χ1) is 10.7. The van der Waals surface area contributed by atoms with Crippen LogP contribution in [0.25, 0.3) is 18.2 Å². The molecular weight excluding hydrogens is 393 g/mol. The van der Waals surface area contributed by atoms with Crippen molar-refractivity contribution in [3.8, 4) is 0 Å². The highest BCUT2D eigenvalue weighted by atomic mass is 127. The second-order valence-corrected chi connectivity index (χ2v) is 11.6. The van der Waals surface area contributed by atoms with Crippen LogP contribution >= 0.6 is 22.6 Å². The number of allylic oxidation sites excluding steroid dienone is 1. The number of rotatable bonds is 3. The number of fused-ring (bicyclic) bond motifs is 3. The van der Waals surface area contributed by atoms with Crippen LogP contribution in [0.5, 0.6) is 0 Å². The minimum atomic E-state index is 0.234. The SMILES string of the molecule is CC(C)(C)CC(n1c2c(c3c1=CCCC=3)C=CCC2)C(C)(C)I. The summed E-state index contributed by atoms with van der Waals surface area (Å²) < 4.78 is 2.96. The molecule has 1 aromatic rings. The molecule has 0 spiro atoms. The third kappa shape index (κ3) is 3.47. The quantitative estimate of drug-likeness (QED) is 0.477. The van der Waals surface area contributed by atoms with Gasteiger partial charge in [-0.25, -0.2) is 0 Å². The van der Waals surface area contributed by atoms with Gasteiger partial charge in [-0.2, -0.15) is 0 Å². The maximum Gasteiger partial charge on any atom is 0.0484 e. The molecule has 2 aliphatic carbocycles. The van der Waals surface area contributed by atoms with E-state index in [1.807, 2.05) is 0 Å². The van der Waals surface area contributed by atoms with E-state index in [2.05, 4.69) is 86.1 Å². The summed E-state index contributed by atoms with van der Waals surface area (Å²) in [5, 5.41) is 2.99. The van der Waals surface area contributed by atoms with Gasteiger partial charge >= 0.3 is 0 Å². The van der Waals surface area contributed by atoms with Crippen LogP contribution in [0, 0.1) is 5.41 Å². The summed E-state index contributed by atoms with van der Waals surface area (Å²) >= 11 is 2.67. The molecule has 0 bridgehead atoms. The molecular formula is C21H30IN. The van der Waals surface area contributed by atoms with Gasteiger partial charge in [0.15, 0.2) is 0 Å². The van der Waals surface area contributed by atoms with E-state index in [0.717, 1.165) is 0 Å². The summed E-state index contributed by atoms with van der Waals surface area (Å²) in [5.74, 6) is 0. The van der Waals surface area contributed by atoms with Crippen molar-refractivity contribution in [2.24, 2.45) is 5.41 Å². The lowest BCUT2D eigenvalue weighted by molar-refractivity contribution is 0.260. The Bertz CT molecular complexity index is 735. The number of nitrogens with zero attached hydrogens (tertiary/aromatic N) is 1. The molecule has 0 aromatic carbocycles. The van der Waals surface area contributed by atoms with Crippen molar-refractivity contribution < 1.29 is 0 Å². The van der Waals surface area contributed by atoms with Crippen LogP contribution in [0.4, 0.5) is 0 Å². The molecule has 1 heterocycles. The lowest BCUT2D eigenvalue weighted by Gasteiger charge is -2.37. The molecule has 23 heavy (non-hydrogen) atoms. The highest BCUT2D eigenvalue weighted by Gasteiger charge is 2.34. The molecule has 0 N–H and O–H groups in total. The number of hydrogen-bond donors (Lipinski definition) is 0. The second-order valence-electron chi connectivity index (χ2n) is 8.80. The van der Waals surface area contributed by atoms with Gasteiger partial charge in [0.25, 0.3) is 0 Å². The highest BCUT2D eigenvalue weighted by molar-refractivity contribution is 14.1. The number of halogens is 1. The van der Waals surface area contributed by atoms with Gasteiger partial charge in [-0.1, -0.05) is 67.7 Å². The van der Waals surface area contributed by atoms with Crippen molar-refractivity contribution in [2.75, 3.05) is 0 Å². The minimum absolute atomic E-state index is 0.234. The van der Waals surface area contributed by atoms with E-state index in [0.29, 0.717) is 11.5 Å². The Kier molecular flexibility index (Phi) is 4.59. The molecule has 1 unspecified atom stereocenters. The van der Waals surface area contributed by atoms with Crippen molar-refractivity contribution in [2.45, 2.75) is 76.2 Å². The Balaban J connectivity index is 2.26. The van der Waals surface area contributed by atoms with Crippen LogP contribution in [0.15, 0.2) is 6.08 Å². The number of aromatic nitrogens is 1. The van der Waals surface area contributed by atoms with Crippen LogP contribution in [0.3, 0.4) is 0 Å². The average molecular weight is 423 g/mol. The normalized spacial score (nSPS) is 18.7. The number of hydrogen-bond acceptors (Lipinski definition) is 0. The van der Waals surface area contributed by atoms with Gasteiger partial charge in [0.05, 0.1) is 0 Å². The maximum absolute atomic E-state index is 2.72. The van der Waals surface area contributed by atoms with Crippen LogP contribution < -0.4 is 10.6 Å². The molecule has 2 heteroatoms. The Morgan fingerprint density at radius 3 is 2.43 bits per heavy atom. The van der Waals surface area contributed by atoms with E-state index in [1.165, 1.54) is 48.2 Å². The van der Waals surface area contributed by atoms with Gasteiger partial charge in [0.2, 0.25) is 0 Å². The van der Waals surface area contributed by atoms with E-state index < -0.39 is 0 Å². The summed E-state index contributed by atoms with van der Waals surface area (Å²) in [6.07, 6.45) is 15.6. The van der Waals surface area contributed by atoms with Crippen molar-refractivity contribution in [1.82, 2.24) is 4.57 Å². The molecule has 1 atom stereocenters. The zero-order chi connectivity index (χ0) is 16.8. The van der Waals surface area contributed by atoms with Crippen molar-refractivity contribution in [3.63, 3.8) is 0 Å². The van der Waals surface area contributed by atoms with E-state index in [1.54, 1.807) is 5.69 Å². The van der Waals surface area contributed by atoms with Gasteiger partial charge in [0, 0.05) is 31.3 Å². The van der Waals surface area contributed by atoms with Crippen LogP contribution in [0.1, 0.15) is 77.6 Å². The van der Waals surface area contributed by atoms with Crippen LogP contribution in [-0.4, -0.2) is 7.99 Å². The molecule has 2 aliphatic rings. The first-order valence-corrected chi connectivity index (χ1v) is 10.1. The average Bonchev–Trinajstić information content (AvgIpc) is 2.77. The molecule has 0 saturated heterocycles. The second kappa shape index (κ2) is 6.09. The Hall–Kier alpha value is -0.510. The van der Waals surface area contributed by atoms with Crippen molar-refractivity contribution >= 4 is 40.8 Å². The maximum atomic E-state index is 2.72. The molecule has 126 valence electrons. The first-order valence-electron chi connectivity index (χ1n) is 8.97.